The predicted molar refractivity (Wildman–Crippen MR) is 74.8 cm³/mol. The molecule has 0 radical (unpaired) electrons. The fourth-order valence-electron chi connectivity index (χ4n) is 3.72. The Labute approximate surface area is 114 Å². The van der Waals surface area contributed by atoms with E-state index >= 15 is 0 Å². The first-order valence-corrected chi connectivity index (χ1v) is 7.29. The smallest absolute Gasteiger partial charge is 0.126 e. The lowest BCUT2D eigenvalue weighted by Crippen LogP contribution is -2.23. The van der Waals surface area contributed by atoms with Crippen LogP contribution in [-0.4, -0.2) is 18.2 Å². The molecule has 3 rings (SSSR count). The van der Waals surface area contributed by atoms with Crippen LogP contribution in [0.3, 0.4) is 0 Å². The van der Waals surface area contributed by atoms with Crippen LogP contribution in [0.15, 0.2) is 12.1 Å². The van der Waals surface area contributed by atoms with E-state index in [4.69, 9.17) is 0 Å². The van der Waals surface area contributed by atoms with E-state index < -0.39 is 6.10 Å². The molecule has 2 fully saturated rings. The van der Waals surface area contributed by atoms with Crippen molar-refractivity contribution in [2.24, 2.45) is 11.8 Å². The van der Waals surface area contributed by atoms with Gasteiger partial charge in [0.15, 0.2) is 0 Å². The standard InChI is InChI=1S/C16H22FNO/c1-10-6-16(14(11(2)19)7-15(10)17)18-8-12-4-3-5-13(12)9-18/h6-7,11-13,19H,3-5,8-9H2,1-2H3/t11-,12?,13?/m0/s1. The summed E-state index contributed by atoms with van der Waals surface area (Å²) < 4.78 is 13.7. The van der Waals surface area contributed by atoms with Crippen molar-refractivity contribution in [1.82, 2.24) is 0 Å². The number of anilines is 1. The molecule has 104 valence electrons. The van der Waals surface area contributed by atoms with Gasteiger partial charge in [-0.15, -0.1) is 0 Å². The molecular formula is C16H22FNO. The molecule has 1 saturated carbocycles. The highest BCUT2D eigenvalue weighted by Gasteiger charge is 2.37. The maximum Gasteiger partial charge on any atom is 0.126 e. The van der Waals surface area contributed by atoms with Gasteiger partial charge in [-0.25, -0.2) is 4.39 Å². The minimum atomic E-state index is -0.620. The molecule has 0 bridgehead atoms. The Morgan fingerprint density at radius 2 is 1.89 bits per heavy atom. The van der Waals surface area contributed by atoms with Gasteiger partial charge in [-0.1, -0.05) is 6.42 Å². The normalized spacial score (nSPS) is 27.7. The van der Waals surface area contributed by atoms with Crippen molar-refractivity contribution in [3.63, 3.8) is 0 Å². The molecule has 3 heteroatoms. The summed E-state index contributed by atoms with van der Waals surface area (Å²) in [4.78, 5) is 2.35. The minimum Gasteiger partial charge on any atom is -0.389 e. The molecule has 19 heavy (non-hydrogen) atoms. The quantitative estimate of drug-likeness (QED) is 0.883. The van der Waals surface area contributed by atoms with E-state index in [1.54, 1.807) is 13.8 Å². The average molecular weight is 263 g/mol. The van der Waals surface area contributed by atoms with Crippen LogP contribution in [0.1, 0.15) is 43.4 Å². The molecular weight excluding hydrogens is 241 g/mol. The summed E-state index contributed by atoms with van der Waals surface area (Å²) in [5, 5.41) is 9.89. The first kappa shape index (κ1) is 12.9. The summed E-state index contributed by atoms with van der Waals surface area (Å²) >= 11 is 0. The molecule has 1 aliphatic carbocycles. The van der Waals surface area contributed by atoms with E-state index in [2.05, 4.69) is 4.90 Å². The minimum absolute atomic E-state index is 0.223. The lowest BCUT2D eigenvalue weighted by molar-refractivity contribution is 0.199. The molecule has 2 unspecified atom stereocenters. The van der Waals surface area contributed by atoms with Gasteiger partial charge in [0.1, 0.15) is 5.82 Å². The van der Waals surface area contributed by atoms with Gasteiger partial charge in [-0.3, -0.25) is 0 Å². The Kier molecular flexibility index (Phi) is 3.25. The highest BCUT2D eigenvalue weighted by Crippen LogP contribution is 2.41. The zero-order chi connectivity index (χ0) is 13.6. The number of halogens is 1. The molecule has 1 heterocycles. The first-order chi connectivity index (χ1) is 9.06. The molecule has 2 nitrogen and oxygen atoms in total. The highest BCUT2D eigenvalue weighted by atomic mass is 19.1. The Morgan fingerprint density at radius 1 is 1.26 bits per heavy atom. The van der Waals surface area contributed by atoms with Crippen LogP contribution in [0.4, 0.5) is 10.1 Å². The summed E-state index contributed by atoms with van der Waals surface area (Å²) in [6.07, 6.45) is 3.39. The molecule has 1 N–H and O–H groups in total. The van der Waals surface area contributed by atoms with E-state index in [1.807, 2.05) is 6.07 Å². The van der Waals surface area contributed by atoms with Gasteiger partial charge in [0.25, 0.3) is 0 Å². The second-order valence-corrected chi connectivity index (χ2v) is 6.19. The largest absolute Gasteiger partial charge is 0.389 e. The predicted octanol–water partition coefficient (Wildman–Crippen LogP) is 3.42. The van der Waals surface area contributed by atoms with Gasteiger partial charge in [0, 0.05) is 24.3 Å². The Morgan fingerprint density at radius 3 is 2.47 bits per heavy atom. The molecule has 2 aliphatic rings. The topological polar surface area (TPSA) is 23.5 Å². The maximum absolute atomic E-state index is 13.7. The maximum atomic E-state index is 13.7. The number of rotatable bonds is 2. The van der Waals surface area contributed by atoms with Crippen molar-refractivity contribution in [1.29, 1.82) is 0 Å². The van der Waals surface area contributed by atoms with Crippen LogP contribution in [0.25, 0.3) is 0 Å². The van der Waals surface area contributed by atoms with Gasteiger partial charge in [-0.2, -0.15) is 0 Å². The van der Waals surface area contributed by atoms with E-state index in [9.17, 15) is 9.50 Å². The molecule has 1 aliphatic heterocycles. The third kappa shape index (κ3) is 2.25. The lowest BCUT2D eigenvalue weighted by Gasteiger charge is -2.25. The molecule has 0 aromatic heterocycles. The van der Waals surface area contributed by atoms with Crippen LogP contribution < -0.4 is 4.90 Å². The average Bonchev–Trinajstić information content (AvgIpc) is 2.92. The molecule has 1 aromatic carbocycles. The number of aryl methyl sites for hydroxylation is 1. The number of aliphatic hydroxyl groups is 1. The summed E-state index contributed by atoms with van der Waals surface area (Å²) in [7, 11) is 0. The van der Waals surface area contributed by atoms with Crippen LogP contribution in [-0.2, 0) is 0 Å². The number of nitrogens with zero attached hydrogens (tertiary/aromatic N) is 1. The van der Waals surface area contributed by atoms with Gasteiger partial charge in [-0.05, 0) is 56.2 Å². The summed E-state index contributed by atoms with van der Waals surface area (Å²) in [6, 6.07) is 3.40. The first-order valence-electron chi connectivity index (χ1n) is 7.29. The molecule has 1 aromatic rings. The Balaban J connectivity index is 1.93. The number of fused-ring (bicyclic) bond motifs is 1. The zero-order valence-electron chi connectivity index (χ0n) is 11.7. The van der Waals surface area contributed by atoms with Gasteiger partial charge in [0.05, 0.1) is 6.10 Å². The summed E-state index contributed by atoms with van der Waals surface area (Å²) in [6.45, 7) is 5.64. The Bertz CT molecular complexity index is 474. The summed E-state index contributed by atoms with van der Waals surface area (Å²) in [5.41, 5.74) is 2.42. The van der Waals surface area contributed by atoms with Crippen molar-refractivity contribution < 1.29 is 9.50 Å². The fraction of sp³-hybridized carbons (Fsp3) is 0.625. The van der Waals surface area contributed by atoms with Crippen LogP contribution in [0.5, 0.6) is 0 Å². The van der Waals surface area contributed by atoms with Crippen LogP contribution in [0.2, 0.25) is 0 Å². The third-order valence-electron chi connectivity index (χ3n) is 4.82. The van der Waals surface area contributed by atoms with Gasteiger partial charge >= 0.3 is 0 Å². The van der Waals surface area contributed by atoms with Crippen molar-refractivity contribution >= 4 is 5.69 Å². The fourth-order valence-corrected chi connectivity index (χ4v) is 3.72. The SMILES string of the molecule is Cc1cc(N2CC3CCCC3C2)c([C@H](C)O)cc1F. The van der Waals surface area contributed by atoms with Gasteiger partial charge < -0.3 is 10.0 Å². The molecule has 3 atom stereocenters. The van der Waals surface area contributed by atoms with Crippen molar-refractivity contribution in [3.05, 3.63) is 29.1 Å². The van der Waals surface area contributed by atoms with Crippen LogP contribution in [0, 0.1) is 24.6 Å². The van der Waals surface area contributed by atoms with Crippen LogP contribution >= 0.6 is 0 Å². The number of hydrogen-bond donors (Lipinski definition) is 1. The second-order valence-electron chi connectivity index (χ2n) is 6.19. The monoisotopic (exact) mass is 263 g/mol. The van der Waals surface area contributed by atoms with E-state index in [-0.39, 0.29) is 5.82 Å². The number of benzene rings is 1. The van der Waals surface area contributed by atoms with E-state index in [1.165, 1.54) is 25.3 Å². The van der Waals surface area contributed by atoms with Gasteiger partial charge in [0.2, 0.25) is 0 Å². The third-order valence-corrected chi connectivity index (χ3v) is 4.82. The zero-order valence-corrected chi connectivity index (χ0v) is 11.7. The van der Waals surface area contributed by atoms with Crippen molar-refractivity contribution in [3.8, 4) is 0 Å². The second kappa shape index (κ2) is 4.78. The number of aliphatic hydroxyl groups excluding tert-OH is 1. The molecule has 0 spiro atoms. The van der Waals surface area contributed by atoms with E-state index in [0.717, 1.165) is 36.2 Å². The lowest BCUT2D eigenvalue weighted by atomic mass is 10.0. The highest BCUT2D eigenvalue weighted by molar-refractivity contribution is 5.57. The van der Waals surface area contributed by atoms with E-state index in [0.29, 0.717) is 5.56 Å². The van der Waals surface area contributed by atoms with Crippen molar-refractivity contribution in [2.45, 2.75) is 39.2 Å². The number of hydrogen-bond acceptors (Lipinski definition) is 2. The van der Waals surface area contributed by atoms with Crippen molar-refractivity contribution in [2.75, 3.05) is 18.0 Å². The molecule has 0 amide bonds. The molecule has 1 saturated heterocycles. The Hall–Kier alpha value is -1.09. The summed E-state index contributed by atoms with van der Waals surface area (Å²) in [5.74, 6) is 1.37.